The van der Waals surface area contributed by atoms with Crippen LogP contribution in [0.15, 0.2) is 0 Å². The Morgan fingerprint density at radius 1 is 0.794 bits per heavy atom. The van der Waals surface area contributed by atoms with Crippen LogP contribution in [0.4, 0.5) is 0 Å². The third-order valence-corrected chi connectivity index (χ3v) is 6.15. The molecule has 0 bridgehead atoms. The van der Waals surface area contributed by atoms with Crippen molar-refractivity contribution in [2.45, 2.75) is 37.9 Å². The minimum Gasteiger partial charge on any atom is -0.480 e. The van der Waals surface area contributed by atoms with Gasteiger partial charge in [0.25, 0.3) is 0 Å². The van der Waals surface area contributed by atoms with Gasteiger partial charge in [-0.1, -0.05) is 21.6 Å². The van der Waals surface area contributed by atoms with Crippen LogP contribution in [0.5, 0.6) is 0 Å². The number of nitrogens with one attached hydrogen (secondary N) is 4. The zero-order chi connectivity index (χ0) is 26.3. The number of carboxylic acid groups (broad SMARTS) is 3. The smallest absolute Gasteiger partial charge is 0.322 e. The number of carbonyl (C=O) groups is 7. The second-order valence-electron chi connectivity index (χ2n) is 6.65. The fraction of sp³-hybridized carbons (Fsp3) is 0.588. The Labute approximate surface area is 201 Å². The normalized spacial score (nSPS) is 13.0. The van der Waals surface area contributed by atoms with E-state index in [2.05, 4.69) is 21.3 Å². The Bertz CT molecular complexity index is 782. The number of hydrogen-bond donors (Lipinski definition) is 8. The molecule has 0 aliphatic carbocycles. The Balaban J connectivity index is 4.93. The molecule has 0 aromatic rings. The molecule has 0 fully saturated rings. The fourth-order valence-corrected chi connectivity index (χ4v) is 4.42. The molecule has 0 radical (unpaired) electrons. The summed E-state index contributed by atoms with van der Waals surface area (Å²) < 4.78 is 0. The van der Waals surface area contributed by atoms with Crippen LogP contribution < -0.4 is 27.0 Å². The number of rotatable bonds is 17. The summed E-state index contributed by atoms with van der Waals surface area (Å²) in [4.78, 5) is 79.7. The maximum atomic E-state index is 12.3. The largest absolute Gasteiger partial charge is 0.480 e. The number of amides is 4. The van der Waals surface area contributed by atoms with Crippen LogP contribution in [0.3, 0.4) is 0 Å². The lowest BCUT2D eigenvalue weighted by Crippen LogP contribution is -2.49. The molecule has 0 aliphatic rings. The molecular weight excluding hydrogens is 498 g/mol. The second-order valence-corrected chi connectivity index (χ2v) is 9.20. The van der Waals surface area contributed by atoms with E-state index in [4.69, 9.17) is 21.1 Å². The maximum Gasteiger partial charge on any atom is 0.322 e. The van der Waals surface area contributed by atoms with E-state index in [-0.39, 0.29) is 24.3 Å². The van der Waals surface area contributed by atoms with E-state index >= 15 is 0 Å². The van der Waals surface area contributed by atoms with Gasteiger partial charge in [-0.2, -0.15) is 0 Å². The number of carbonyl (C=O) groups excluding carboxylic acids is 4. The van der Waals surface area contributed by atoms with Crippen molar-refractivity contribution < 1.29 is 48.9 Å². The lowest BCUT2D eigenvalue weighted by molar-refractivity contribution is -0.139. The minimum absolute atomic E-state index is 0.0133. The van der Waals surface area contributed by atoms with Gasteiger partial charge in [0.2, 0.25) is 23.6 Å². The van der Waals surface area contributed by atoms with E-state index in [0.29, 0.717) is 0 Å². The second kappa shape index (κ2) is 16.5. The van der Waals surface area contributed by atoms with Crippen molar-refractivity contribution in [3.8, 4) is 0 Å². The summed E-state index contributed by atoms with van der Waals surface area (Å²) in [5, 5.41) is 35.1. The molecule has 1 unspecified atom stereocenters. The van der Waals surface area contributed by atoms with Gasteiger partial charge in [-0.3, -0.25) is 33.6 Å². The van der Waals surface area contributed by atoms with Gasteiger partial charge in [0.15, 0.2) is 0 Å². The first-order valence-corrected chi connectivity index (χ1v) is 12.1. The molecule has 15 nitrogen and oxygen atoms in total. The highest BCUT2D eigenvalue weighted by Crippen LogP contribution is 2.23. The van der Waals surface area contributed by atoms with Gasteiger partial charge < -0.3 is 42.3 Å². The Morgan fingerprint density at radius 2 is 1.24 bits per heavy atom. The Kier molecular flexibility index (Phi) is 15.1. The molecule has 0 aromatic carbocycles. The zero-order valence-corrected chi connectivity index (χ0v) is 19.7. The van der Waals surface area contributed by atoms with E-state index in [1.54, 1.807) is 0 Å². The van der Waals surface area contributed by atoms with E-state index in [1.165, 1.54) is 6.92 Å². The summed E-state index contributed by atoms with van der Waals surface area (Å²) in [6.07, 6.45) is -0.473. The first-order chi connectivity index (χ1) is 15.8. The molecule has 0 saturated carbocycles. The number of nitrogens with two attached hydrogens (primary N) is 1. The highest BCUT2D eigenvalue weighted by atomic mass is 33.1. The molecule has 0 spiro atoms. The summed E-state index contributed by atoms with van der Waals surface area (Å²) >= 11 is 0. The molecule has 34 heavy (non-hydrogen) atoms. The molecule has 9 N–H and O–H groups in total. The van der Waals surface area contributed by atoms with Crippen molar-refractivity contribution in [1.82, 2.24) is 21.3 Å². The van der Waals surface area contributed by atoms with Gasteiger partial charge in [0.1, 0.15) is 31.2 Å². The van der Waals surface area contributed by atoms with Crippen LogP contribution in [0.1, 0.15) is 19.8 Å². The number of aliphatic carboxylic acids is 3. The molecule has 0 heterocycles. The summed E-state index contributed by atoms with van der Waals surface area (Å²) in [7, 11) is 2.05. The number of hydrogen-bond acceptors (Lipinski definition) is 10. The molecule has 4 amide bonds. The third-order valence-electron chi connectivity index (χ3n) is 3.73. The van der Waals surface area contributed by atoms with Crippen LogP contribution in [0, 0.1) is 0 Å². The van der Waals surface area contributed by atoms with E-state index in [0.717, 1.165) is 21.6 Å². The summed E-state index contributed by atoms with van der Waals surface area (Å²) in [5.41, 5.74) is 5.33. The van der Waals surface area contributed by atoms with Gasteiger partial charge >= 0.3 is 17.9 Å². The van der Waals surface area contributed by atoms with Crippen LogP contribution in [-0.2, 0) is 33.6 Å². The van der Waals surface area contributed by atoms with E-state index < -0.39 is 72.8 Å². The van der Waals surface area contributed by atoms with Gasteiger partial charge in [0.05, 0.1) is 0 Å². The average molecular weight is 526 g/mol. The fourth-order valence-electron chi connectivity index (χ4n) is 2.09. The number of carboxylic acids is 3. The molecule has 0 saturated heterocycles. The van der Waals surface area contributed by atoms with Crippen molar-refractivity contribution in [3.05, 3.63) is 0 Å². The lowest BCUT2D eigenvalue weighted by Gasteiger charge is -2.19. The summed E-state index contributed by atoms with van der Waals surface area (Å²) in [6, 6.07) is -3.53. The van der Waals surface area contributed by atoms with Gasteiger partial charge in [-0.15, -0.1) is 0 Å². The highest BCUT2D eigenvalue weighted by molar-refractivity contribution is 8.76. The molecule has 0 aromatic heterocycles. The van der Waals surface area contributed by atoms with Crippen LogP contribution in [0.25, 0.3) is 0 Å². The molecule has 0 aliphatic heterocycles. The maximum absolute atomic E-state index is 12.3. The van der Waals surface area contributed by atoms with Crippen molar-refractivity contribution >= 4 is 63.1 Å². The van der Waals surface area contributed by atoms with Crippen molar-refractivity contribution in [3.63, 3.8) is 0 Å². The predicted molar refractivity (Wildman–Crippen MR) is 121 cm³/mol. The monoisotopic (exact) mass is 525 g/mol. The zero-order valence-electron chi connectivity index (χ0n) is 18.1. The Morgan fingerprint density at radius 3 is 1.62 bits per heavy atom. The Hall–Kier alpha value is -3.05. The van der Waals surface area contributed by atoms with Crippen molar-refractivity contribution in [2.75, 3.05) is 24.6 Å². The molecule has 0 rings (SSSR count). The first-order valence-electron chi connectivity index (χ1n) is 9.61. The van der Waals surface area contributed by atoms with E-state index in [1.807, 2.05) is 0 Å². The van der Waals surface area contributed by atoms with Crippen LogP contribution >= 0.6 is 21.6 Å². The quantitative estimate of drug-likeness (QED) is 0.0694. The van der Waals surface area contributed by atoms with Crippen LogP contribution in [0.2, 0.25) is 0 Å². The van der Waals surface area contributed by atoms with Crippen LogP contribution in [-0.4, -0.2) is 99.6 Å². The van der Waals surface area contributed by atoms with Crippen molar-refractivity contribution in [1.29, 1.82) is 0 Å². The molecule has 3 atom stereocenters. The molecule has 17 heteroatoms. The predicted octanol–water partition coefficient (Wildman–Crippen LogP) is -3.05. The third kappa shape index (κ3) is 14.9. The standard InChI is InChI=1S/C17H27N5O10S2/c1-8(23)21-10(15(29)19-4-13(25)26)6-33-34-7-11(16(30)20-5-14(27)28)22-12(24)3-2-9(18)17(31)32/h9-11H,2-7,18H2,1H3,(H,19,29)(H,20,30)(H,21,23)(H,22,24)(H,25,26)(H,27,28)(H,31,32)/t9-,10?,11-/m0/s1. The molecular formula is C17H27N5O10S2. The lowest BCUT2D eigenvalue weighted by atomic mass is 10.1. The minimum atomic E-state index is -1.31. The highest BCUT2D eigenvalue weighted by Gasteiger charge is 2.24. The first kappa shape index (κ1) is 30.9. The summed E-state index contributed by atoms with van der Waals surface area (Å²) in [5.74, 6) is -6.70. The topological polar surface area (TPSA) is 254 Å². The van der Waals surface area contributed by atoms with Gasteiger partial charge in [0, 0.05) is 24.9 Å². The van der Waals surface area contributed by atoms with Crippen molar-refractivity contribution in [2.24, 2.45) is 5.73 Å². The average Bonchev–Trinajstić information content (AvgIpc) is 2.74. The van der Waals surface area contributed by atoms with E-state index in [9.17, 15) is 33.6 Å². The SMILES string of the molecule is CC(=O)NC(CSSC[C@H](NC(=O)CC[C@H](N)C(=O)O)C(=O)NCC(=O)O)C(=O)NCC(=O)O. The molecule has 192 valence electrons. The van der Waals surface area contributed by atoms with Gasteiger partial charge in [-0.05, 0) is 6.42 Å². The summed E-state index contributed by atoms with van der Waals surface area (Å²) in [6.45, 7) is -0.165. The van der Waals surface area contributed by atoms with Gasteiger partial charge in [-0.25, -0.2) is 0 Å².